The van der Waals surface area contributed by atoms with E-state index in [0.29, 0.717) is 39.8 Å². The number of rotatable bonds is 13. The van der Waals surface area contributed by atoms with Crippen LogP contribution in [0.15, 0.2) is 71.6 Å². The Labute approximate surface area is 253 Å². The van der Waals surface area contributed by atoms with E-state index >= 15 is 0 Å². The highest BCUT2D eigenvalue weighted by atomic mass is 35.5. The monoisotopic (exact) mass is 617 g/mol. The third-order valence-corrected chi connectivity index (χ3v) is 9.31. The van der Waals surface area contributed by atoms with Crippen LogP contribution in [0.3, 0.4) is 0 Å². The lowest BCUT2D eigenvalue weighted by molar-refractivity contribution is -0.140. The Bertz CT molecular complexity index is 1470. The van der Waals surface area contributed by atoms with E-state index in [1.54, 1.807) is 49.4 Å². The summed E-state index contributed by atoms with van der Waals surface area (Å²) in [7, 11) is -4.13. The summed E-state index contributed by atoms with van der Waals surface area (Å²) < 4.78 is 29.1. The van der Waals surface area contributed by atoms with E-state index in [1.807, 2.05) is 32.9 Å². The molecule has 0 saturated heterocycles. The van der Waals surface area contributed by atoms with Gasteiger partial charge in [-0.05, 0) is 73.7 Å². The average molecular weight is 619 g/mol. The second kappa shape index (κ2) is 14.7. The number of nitrogens with zero attached hydrogens (tertiary/aromatic N) is 2. The van der Waals surface area contributed by atoms with E-state index in [-0.39, 0.29) is 17.3 Å². The van der Waals surface area contributed by atoms with Gasteiger partial charge >= 0.3 is 0 Å². The van der Waals surface area contributed by atoms with Crippen LogP contribution in [0, 0.1) is 13.8 Å². The average Bonchev–Trinajstić information content (AvgIpc) is 2.95. The van der Waals surface area contributed by atoms with Gasteiger partial charge in [0.25, 0.3) is 10.0 Å². The Morgan fingerprint density at radius 3 is 2.27 bits per heavy atom. The first-order valence-electron chi connectivity index (χ1n) is 13.7. The standard InChI is InChI=1S/C31H37Cl2N3O4S/c1-5-7-17-34-31(38)28(6-2)35(20-24-15-16-26(32)27(33)19-24)30(37)21-36(29-18-22(3)13-14-23(29)4)41(39,40)25-11-9-8-10-12-25/h8-16,18-19,28H,5-7,17,20-21H2,1-4H3,(H,34,38)/t28-/m0/s1. The van der Waals surface area contributed by atoms with Gasteiger partial charge < -0.3 is 10.2 Å². The van der Waals surface area contributed by atoms with Gasteiger partial charge in [-0.2, -0.15) is 0 Å². The lowest BCUT2D eigenvalue weighted by Gasteiger charge is -2.33. The summed E-state index contributed by atoms with van der Waals surface area (Å²) in [6, 6.07) is 17.7. The minimum absolute atomic E-state index is 0.0431. The summed E-state index contributed by atoms with van der Waals surface area (Å²) in [5.74, 6) is -0.812. The lowest BCUT2D eigenvalue weighted by Crippen LogP contribution is -2.52. The van der Waals surface area contributed by atoms with Crippen molar-refractivity contribution in [2.24, 2.45) is 0 Å². The van der Waals surface area contributed by atoms with Gasteiger partial charge in [0.05, 0.1) is 20.6 Å². The van der Waals surface area contributed by atoms with Gasteiger partial charge in [0.15, 0.2) is 0 Å². The molecule has 3 aromatic carbocycles. The number of anilines is 1. The van der Waals surface area contributed by atoms with E-state index in [9.17, 15) is 18.0 Å². The molecule has 0 aliphatic heterocycles. The van der Waals surface area contributed by atoms with Crippen molar-refractivity contribution < 1.29 is 18.0 Å². The number of amides is 2. The first-order valence-corrected chi connectivity index (χ1v) is 15.8. The van der Waals surface area contributed by atoms with Gasteiger partial charge in [-0.3, -0.25) is 13.9 Å². The van der Waals surface area contributed by atoms with Crippen molar-refractivity contribution in [1.29, 1.82) is 0 Å². The fourth-order valence-corrected chi connectivity index (χ4v) is 6.29. The number of unbranched alkanes of at least 4 members (excludes halogenated alkanes) is 1. The smallest absolute Gasteiger partial charge is 0.264 e. The second-order valence-electron chi connectivity index (χ2n) is 9.95. The van der Waals surface area contributed by atoms with Gasteiger partial charge in [-0.15, -0.1) is 0 Å². The molecule has 2 amide bonds. The maximum Gasteiger partial charge on any atom is 0.264 e. The summed E-state index contributed by atoms with van der Waals surface area (Å²) in [6.45, 7) is 7.54. The Hall–Kier alpha value is -3.07. The van der Waals surface area contributed by atoms with Crippen molar-refractivity contribution >= 4 is 50.7 Å². The van der Waals surface area contributed by atoms with Crippen LogP contribution in [0.5, 0.6) is 0 Å². The van der Waals surface area contributed by atoms with Crippen LogP contribution in [-0.4, -0.2) is 44.3 Å². The highest BCUT2D eigenvalue weighted by Crippen LogP contribution is 2.29. The SMILES string of the molecule is CCCCNC(=O)[C@H](CC)N(Cc1ccc(Cl)c(Cl)c1)C(=O)CN(c1cc(C)ccc1C)S(=O)(=O)c1ccccc1. The summed E-state index contributed by atoms with van der Waals surface area (Å²) in [6.07, 6.45) is 2.05. The molecule has 220 valence electrons. The predicted octanol–water partition coefficient (Wildman–Crippen LogP) is 6.53. The predicted molar refractivity (Wildman–Crippen MR) is 166 cm³/mol. The van der Waals surface area contributed by atoms with Crippen molar-refractivity contribution in [3.05, 3.63) is 93.5 Å². The number of carbonyl (C=O) groups is 2. The topological polar surface area (TPSA) is 86.8 Å². The number of hydrogen-bond donors (Lipinski definition) is 1. The highest BCUT2D eigenvalue weighted by Gasteiger charge is 2.34. The minimum Gasteiger partial charge on any atom is -0.354 e. The van der Waals surface area contributed by atoms with Crippen LogP contribution in [0.1, 0.15) is 49.8 Å². The minimum atomic E-state index is -4.13. The van der Waals surface area contributed by atoms with Crippen LogP contribution in [-0.2, 0) is 26.2 Å². The van der Waals surface area contributed by atoms with E-state index in [1.165, 1.54) is 17.0 Å². The number of halogens is 2. The fourth-order valence-electron chi connectivity index (χ4n) is 4.48. The molecule has 0 aromatic heterocycles. The molecule has 0 spiro atoms. The Balaban J connectivity index is 2.08. The van der Waals surface area contributed by atoms with Crippen molar-refractivity contribution in [2.75, 3.05) is 17.4 Å². The molecule has 0 fully saturated rings. The Morgan fingerprint density at radius 1 is 0.927 bits per heavy atom. The molecular formula is C31H37Cl2N3O4S. The normalized spacial score (nSPS) is 12.0. The molecule has 0 unspecified atom stereocenters. The Kier molecular flexibility index (Phi) is 11.6. The summed E-state index contributed by atoms with van der Waals surface area (Å²) >= 11 is 12.4. The van der Waals surface area contributed by atoms with Crippen molar-refractivity contribution in [3.63, 3.8) is 0 Å². The maximum atomic E-state index is 14.2. The van der Waals surface area contributed by atoms with E-state index in [2.05, 4.69) is 5.32 Å². The first-order chi connectivity index (χ1) is 19.5. The molecule has 10 heteroatoms. The second-order valence-corrected chi connectivity index (χ2v) is 12.6. The molecule has 1 atom stereocenters. The Morgan fingerprint density at radius 2 is 1.63 bits per heavy atom. The zero-order valence-corrected chi connectivity index (χ0v) is 26.2. The van der Waals surface area contributed by atoms with Crippen LogP contribution in [0.2, 0.25) is 10.0 Å². The molecule has 7 nitrogen and oxygen atoms in total. The molecule has 3 aromatic rings. The number of aryl methyl sites for hydroxylation is 2. The van der Waals surface area contributed by atoms with Crippen LogP contribution >= 0.6 is 23.2 Å². The van der Waals surface area contributed by atoms with E-state index in [0.717, 1.165) is 22.7 Å². The van der Waals surface area contributed by atoms with Crippen molar-refractivity contribution in [3.8, 4) is 0 Å². The zero-order valence-electron chi connectivity index (χ0n) is 23.9. The number of benzene rings is 3. The molecule has 0 bridgehead atoms. The summed E-state index contributed by atoms with van der Waals surface area (Å²) in [5, 5.41) is 3.61. The molecular weight excluding hydrogens is 581 g/mol. The number of sulfonamides is 1. The third-order valence-electron chi connectivity index (χ3n) is 6.80. The molecule has 0 heterocycles. The highest BCUT2D eigenvalue weighted by molar-refractivity contribution is 7.92. The van der Waals surface area contributed by atoms with Gasteiger partial charge in [0, 0.05) is 13.1 Å². The fraction of sp³-hybridized carbons (Fsp3) is 0.355. The van der Waals surface area contributed by atoms with E-state index in [4.69, 9.17) is 23.2 Å². The maximum absolute atomic E-state index is 14.2. The van der Waals surface area contributed by atoms with Gasteiger partial charge in [0.2, 0.25) is 11.8 Å². The number of hydrogen-bond acceptors (Lipinski definition) is 4. The molecule has 0 radical (unpaired) electrons. The molecule has 0 aliphatic rings. The van der Waals surface area contributed by atoms with Crippen LogP contribution in [0.25, 0.3) is 0 Å². The molecule has 0 aliphatic carbocycles. The number of carbonyl (C=O) groups excluding carboxylic acids is 2. The van der Waals surface area contributed by atoms with Crippen molar-refractivity contribution in [2.45, 2.75) is 64.4 Å². The molecule has 1 N–H and O–H groups in total. The zero-order chi connectivity index (χ0) is 30.2. The number of nitrogens with one attached hydrogen (secondary N) is 1. The van der Waals surface area contributed by atoms with Gasteiger partial charge in [0.1, 0.15) is 12.6 Å². The van der Waals surface area contributed by atoms with Gasteiger partial charge in [-0.1, -0.05) is 79.9 Å². The quantitative estimate of drug-likeness (QED) is 0.221. The first kappa shape index (κ1) is 32.4. The molecule has 41 heavy (non-hydrogen) atoms. The summed E-state index contributed by atoms with van der Waals surface area (Å²) in [4.78, 5) is 29.0. The van der Waals surface area contributed by atoms with Crippen LogP contribution < -0.4 is 9.62 Å². The molecule has 0 saturated carbocycles. The largest absolute Gasteiger partial charge is 0.354 e. The summed E-state index contributed by atoms with van der Waals surface area (Å²) in [5.41, 5.74) is 2.61. The third kappa shape index (κ3) is 8.24. The van der Waals surface area contributed by atoms with Crippen molar-refractivity contribution in [1.82, 2.24) is 10.2 Å². The van der Waals surface area contributed by atoms with Crippen LogP contribution in [0.4, 0.5) is 5.69 Å². The van der Waals surface area contributed by atoms with Gasteiger partial charge in [-0.25, -0.2) is 8.42 Å². The lowest BCUT2D eigenvalue weighted by atomic mass is 10.1. The van der Waals surface area contributed by atoms with E-state index < -0.39 is 28.5 Å². The molecule has 3 rings (SSSR count).